The summed E-state index contributed by atoms with van der Waals surface area (Å²) < 4.78 is 5.82. The molecule has 3 heteroatoms. The first kappa shape index (κ1) is 16.0. The summed E-state index contributed by atoms with van der Waals surface area (Å²) in [7, 11) is 0. The molecule has 0 bridgehead atoms. The van der Waals surface area contributed by atoms with Crippen LogP contribution in [0.25, 0.3) is 0 Å². The van der Waals surface area contributed by atoms with Gasteiger partial charge in [-0.2, -0.15) is 0 Å². The van der Waals surface area contributed by atoms with E-state index >= 15 is 0 Å². The Morgan fingerprint density at radius 1 is 1.37 bits per heavy atom. The molecule has 0 heterocycles. The van der Waals surface area contributed by atoms with Crippen LogP contribution in [-0.2, 0) is 11.2 Å². The largest absolute Gasteiger partial charge is 0.493 e. The van der Waals surface area contributed by atoms with E-state index < -0.39 is 0 Å². The van der Waals surface area contributed by atoms with E-state index in [0.29, 0.717) is 13.0 Å². The highest BCUT2D eigenvalue weighted by Gasteiger charge is 2.13. The van der Waals surface area contributed by atoms with Gasteiger partial charge in [0.1, 0.15) is 11.5 Å². The number of Topliss-reactive ketones (excluding diaryl/α,β-unsaturated/α-hetero) is 1. The molecule has 0 amide bonds. The molecule has 0 aliphatic carbocycles. The molecule has 0 unspecified atom stereocenters. The monoisotopic (exact) mass is 282 g/mol. The Morgan fingerprint density at radius 2 is 2.05 bits per heavy atom. The fraction of sp³-hybridized carbons (Fsp3) is 0.562. The molecule has 1 rings (SSSR count). The number of benzene rings is 1. The molecule has 0 saturated carbocycles. The van der Waals surface area contributed by atoms with Crippen LogP contribution >= 0.6 is 11.6 Å². The number of aryl methyl sites for hydroxylation is 1. The molecule has 1 aromatic rings. The van der Waals surface area contributed by atoms with Crippen LogP contribution in [0.4, 0.5) is 0 Å². The molecule has 106 valence electrons. The molecule has 0 saturated heterocycles. The summed E-state index contributed by atoms with van der Waals surface area (Å²) in [6.07, 6.45) is 3.27. The van der Waals surface area contributed by atoms with Crippen molar-refractivity contribution in [2.24, 2.45) is 0 Å². The molecule has 0 aliphatic heterocycles. The second-order valence-electron chi connectivity index (χ2n) is 5.01. The zero-order valence-corrected chi connectivity index (χ0v) is 13.1. The standard InChI is InChI=1S/C16H23ClO2/c1-5-9-19-15-10-11(2)16(17)13(4)14(15)8-6-7-12(3)18/h10H,5-9H2,1-4H3. The average Bonchev–Trinajstić information content (AvgIpc) is 2.36. The highest BCUT2D eigenvalue weighted by molar-refractivity contribution is 6.32. The van der Waals surface area contributed by atoms with Gasteiger partial charge in [-0.15, -0.1) is 0 Å². The number of carbonyl (C=O) groups is 1. The Kier molecular flexibility index (Phi) is 6.36. The summed E-state index contributed by atoms with van der Waals surface area (Å²) in [5.74, 6) is 1.15. The van der Waals surface area contributed by atoms with Crippen molar-refractivity contribution in [1.82, 2.24) is 0 Å². The average molecular weight is 283 g/mol. The lowest BCUT2D eigenvalue weighted by molar-refractivity contribution is -0.117. The van der Waals surface area contributed by atoms with Crippen LogP contribution in [0.3, 0.4) is 0 Å². The normalized spacial score (nSPS) is 10.6. The van der Waals surface area contributed by atoms with E-state index in [0.717, 1.165) is 46.7 Å². The van der Waals surface area contributed by atoms with Crippen LogP contribution < -0.4 is 4.74 Å². The molecular formula is C16H23ClO2. The SMILES string of the molecule is CCCOc1cc(C)c(Cl)c(C)c1CCCC(C)=O. The van der Waals surface area contributed by atoms with Crippen LogP contribution in [0.1, 0.15) is 49.8 Å². The maximum absolute atomic E-state index is 11.0. The van der Waals surface area contributed by atoms with E-state index in [9.17, 15) is 4.79 Å². The van der Waals surface area contributed by atoms with Gasteiger partial charge in [0.05, 0.1) is 6.61 Å². The summed E-state index contributed by atoms with van der Waals surface area (Å²) in [4.78, 5) is 11.0. The van der Waals surface area contributed by atoms with Crippen molar-refractivity contribution in [3.8, 4) is 5.75 Å². The van der Waals surface area contributed by atoms with Crippen molar-refractivity contribution in [1.29, 1.82) is 0 Å². The minimum Gasteiger partial charge on any atom is -0.493 e. The van der Waals surface area contributed by atoms with Crippen molar-refractivity contribution in [3.63, 3.8) is 0 Å². The minimum absolute atomic E-state index is 0.229. The fourth-order valence-corrected chi connectivity index (χ4v) is 2.29. The maximum Gasteiger partial charge on any atom is 0.129 e. The predicted molar refractivity (Wildman–Crippen MR) is 80.3 cm³/mol. The second-order valence-corrected chi connectivity index (χ2v) is 5.39. The third kappa shape index (κ3) is 4.54. The molecule has 0 atom stereocenters. The third-order valence-electron chi connectivity index (χ3n) is 3.19. The van der Waals surface area contributed by atoms with Crippen LogP contribution in [0.5, 0.6) is 5.75 Å². The molecule has 0 aromatic heterocycles. The van der Waals surface area contributed by atoms with Crippen LogP contribution in [0, 0.1) is 13.8 Å². The summed E-state index contributed by atoms with van der Waals surface area (Å²) >= 11 is 6.31. The minimum atomic E-state index is 0.229. The first-order valence-corrected chi connectivity index (χ1v) is 7.26. The van der Waals surface area contributed by atoms with Crippen molar-refractivity contribution in [2.45, 2.75) is 53.4 Å². The van der Waals surface area contributed by atoms with E-state index in [1.165, 1.54) is 0 Å². The topological polar surface area (TPSA) is 26.3 Å². The second kappa shape index (κ2) is 7.54. The highest BCUT2D eigenvalue weighted by atomic mass is 35.5. The van der Waals surface area contributed by atoms with Crippen molar-refractivity contribution in [3.05, 3.63) is 27.8 Å². The van der Waals surface area contributed by atoms with Crippen molar-refractivity contribution in [2.75, 3.05) is 6.61 Å². The lowest BCUT2D eigenvalue weighted by Crippen LogP contribution is -2.03. The molecule has 0 fully saturated rings. The third-order valence-corrected chi connectivity index (χ3v) is 3.77. The number of hydrogen-bond acceptors (Lipinski definition) is 2. The Hall–Kier alpha value is -1.02. The molecule has 2 nitrogen and oxygen atoms in total. The predicted octanol–water partition coefficient (Wildman–Crippen LogP) is 4.66. The number of halogens is 1. The number of carbonyl (C=O) groups excluding carboxylic acids is 1. The van der Waals surface area contributed by atoms with Crippen LogP contribution in [-0.4, -0.2) is 12.4 Å². The van der Waals surface area contributed by atoms with Gasteiger partial charge in [-0.25, -0.2) is 0 Å². The van der Waals surface area contributed by atoms with Gasteiger partial charge >= 0.3 is 0 Å². The lowest BCUT2D eigenvalue weighted by Gasteiger charge is -2.16. The van der Waals surface area contributed by atoms with Gasteiger partial charge in [-0.1, -0.05) is 18.5 Å². The van der Waals surface area contributed by atoms with Gasteiger partial charge in [-0.3, -0.25) is 0 Å². The quantitative estimate of drug-likeness (QED) is 0.727. The maximum atomic E-state index is 11.0. The molecular weight excluding hydrogens is 260 g/mol. The summed E-state index contributed by atoms with van der Waals surface area (Å²) in [5, 5.41) is 0.807. The molecule has 1 aromatic carbocycles. The molecule has 0 N–H and O–H groups in total. The molecule has 0 radical (unpaired) electrons. The van der Waals surface area contributed by atoms with E-state index in [1.54, 1.807) is 6.92 Å². The van der Waals surface area contributed by atoms with Gasteiger partial charge in [0.15, 0.2) is 0 Å². The van der Waals surface area contributed by atoms with Gasteiger partial charge in [0.25, 0.3) is 0 Å². The van der Waals surface area contributed by atoms with E-state index in [-0.39, 0.29) is 5.78 Å². The number of ketones is 1. The Balaban J connectivity index is 2.96. The number of ether oxygens (including phenoxy) is 1. The van der Waals surface area contributed by atoms with Crippen molar-refractivity contribution < 1.29 is 9.53 Å². The summed E-state index contributed by atoms with van der Waals surface area (Å²) in [6.45, 7) is 8.44. The number of rotatable bonds is 7. The number of hydrogen-bond donors (Lipinski definition) is 0. The lowest BCUT2D eigenvalue weighted by atomic mass is 9.98. The molecule has 19 heavy (non-hydrogen) atoms. The van der Waals surface area contributed by atoms with Gasteiger partial charge in [-0.05, 0) is 62.8 Å². The van der Waals surface area contributed by atoms with Crippen LogP contribution in [0.15, 0.2) is 6.07 Å². The molecule has 0 spiro atoms. The zero-order chi connectivity index (χ0) is 14.4. The van der Waals surface area contributed by atoms with Crippen molar-refractivity contribution >= 4 is 17.4 Å². The Morgan fingerprint density at radius 3 is 2.63 bits per heavy atom. The van der Waals surface area contributed by atoms with E-state index in [2.05, 4.69) is 6.92 Å². The van der Waals surface area contributed by atoms with Gasteiger partial charge in [0.2, 0.25) is 0 Å². The Labute approximate surface area is 121 Å². The van der Waals surface area contributed by atoms with Gasteiger partial charge in [0, 0.05) is 11.4 Å². The Bertz CT molecular complexity index is 453. The summed E-state index contributed by atoms with van der Waals surface area (Å²) in [5.41, 5.74) is 3.27. The van der Waals surface area contributed by atoms with Gasteiger partial charge < -0.3 is 9.53 Å². The summed E-state index contributed by atoms with van der Waals surface area (Å²) in [6, 6.07) is 2.01. The fourth-order valence-electron chi connectivity index (χ4n) is 2.13. The van der Waals surface area contributed by atoms with E-state index in [4.69, 9.17) is 16.3 Å². The zero-order valence-electron chi connectivity index (χ0n) is 12.3. The first-order valence-electron chi connectivity index (χ1n) is 6.88. The smallest absolute Gasteiger partial charge is 0.129 e. The molecule has 0 aliphatic rings. The van der Waals surface area contributed by atoms with Crippen LogP contribution in [0.2, 0.25) is 5.02 Å². The van der Waals surface area contributed by atoms with E-state index in [1.807, 2.05) is 19.9 Å². The first-order chi connectivity index (χ1) is 8.97. The highest BCUT2D eigenvalue weighted by Crippen LogP contribution is 2.32.